The molecule has 0 fully saturated rings. The van der Waals surface area contributed by atoms with Crippen molar-refractivity contribution >= 4 is 11.6 Å². The molecule has 4 heteroatoms. The molecule has 0 saturated heterocycles. The van der Waals surface area contributed by atoms with Crippen molar-refractivity contribution in [2.45, 2.75) is 40.5 Å². The molecule has 1 aromatic carbocycles. The largest absolute Gasteiger partial charge is 0.325 e. The summed E-state index contributed by atoms with van der Waals surface area (Å²) < 4.78 is 13.4. The third-order valence-electron chi connectivity index (χ3n) is 2.89. The van der Waals surface area contributed by atoms with Crippen molar-refractivity contribution in [2.75, 3.05) is 5.32 Å². The second kappa shape index (κ2) is 6.51. The van der Waals surface area contributed by atoms with Crippen LogP contribution in [0.5, 0.6) is 0 Å². The van der Waals surface area contributed by atoms with Gasteiger partial charge in [-0.3, -0.25) is 4.79 Å². The minimum Gasteiger partial charge on any atom is -0.325 e. The molecule has 108 valence electrons. The van der Waals surface area contributed by atoms with Crippen molar-refractivity contribution in [3.63, 3.8) is 0 Å². The topological polar surface area (TPSA) is 52.9 Å². The molecule has 1 amide bonds. The van der Waals surface area contributed by atoms with E-state index in [4.69, 9.17) is 5.26 Å². The van der Waals surface area contributed by atoms with E-state index in [1.165, 1.54) is 18.2 Å². The van der Waals surface area contributed by atoms with Crippen LogP contribution in [0.1, 0.15) is 46.1 Å². The molecule has 0 aromatic heterocycles. The summed E-state index contributed by atoms with van der Waals surface area (Å²) in [6, 6.07) is 5.99. The van der Waals surface area contributed by atoms with Crippen molar-refractivity contribution < 1.29 is 9.18 Å². The number of anilines is 1. The average molecular weight is 276 g/mol. The molecule has 1 aromatic rings. The third-order valence-corrected chi connectivity index (χ3v) is 2.89. The summed E-state index contributed by atoms with van der Waals surface area (Å²) in [5, 5.41) is 11.5. The maximum Gasteiger partial charge on any atom is 0.224 e. The Morgan fingerprint density at radius 3 is 2.65 bits per heavy atom. The van der Waals surface area contributed by atoms with Gasteiger partial charge in [0.15, 0.2) is 0 Å². The Bertz CT molecular complexity index is 526. The Labute approximate surface area is 119 Å². The van der Waals surface area contributed by atoms with E-state index in [9.17, 15) is 9.18 Å². The molecule has 1 rings (SSSR count). The van der Waals surface area contributed by atoms with Gasteiger partial charge in [-0.1, -0.05) is 33.8 Å². The van der Waals surface area contributed by atoms with Gasteiger partial charge in [-0.25, -0.2) is 4.39 Å². The zero-order valence-electron chi connectivity index (χ0n) is 12.5. The lowest BCUT2D eigenvalue weighted by atomic mass is 9.84. The van der Waals surface area contributed by atoms with Crippen molar-refractivity contribution in [2.24, 2.45) is 11.3 Å². The van der Waals surface area contributed by atoms with Crippen molar-refractivity contribution in [1.29, 1.82) is 5.26 Å². The molecule has 0 aliphatic carbocycles. The minimum absolute atomic E-state index is 0.121. The molecular weight excluding hydrogens is 255 g/mol. The van der Waals surface area contributed by atoms with Crippen molar-refractivity contribution in [3.05, 3.63) is 29.6 Å². The Morgan fingerprint density at radius 1 is 1.45 bits per heavy atom. The number of benzene rings is 1. The predicted octanol–water partition coefficient (Wildman–Crippen LogP) is 4.10. The SMILES string of the molecule is CC(CC(=O)Nc1cccc(F)c1C#N)CC(C)(C)C. The third kappa shape index (κ3) is 5.00. The summed E-state index contributed by atoms with van der Waals surface area (Å²) in [6.45, 7) is 8.40. The summed E-state index contributed by atoms with van der Waals surface area (Å²) in [5.74, 6) is -0.578. The zero-order chi connectivity index (χ0) is 15.3. The second-order valence-corrected chi connectivity index (χ2v) is 6.40. The lowest BCUT2D eigenvalue weighted by Gasteiger charge is -2.22. The van der Waals surface area contributed by atoms with Gasteiger partial charge >= 0.3 is 0 Å². The first kappa shape index (κ1) is 16.2. The van der Waals surface area contributed by atoms with Gasteiger partial charge in [-0.05, 0) is 29.9 Å². The highest BCUT2D eigenvalue weighted by atomic mass is 19.1. The van der Waals surface area contributed by atoms with Crippen LogP contribution in [0.4, 0.5) is 10.1 Å². The molecule has 1 N–H and O–H groups in total. The number of hydrogen-bond acceptors (Lipinski definition) is 2. The van der Waals surface area contributed by atoms with E-state index in [0.717, 1.165) is 6.42 Å². The summed E-state index contributed by atoms with van der Waals surface area (Å²) in [7, 11) is 0. The Hall–Kier alpha value is -1.89. The molecule has 0 bridgehead atoms. The van der Waals surface area contributed by atoms with Crippen LogP contribution in [-0.4, -0.2) is 5.91 Å². The number of halogens is 1. The number of hydrogen-bond donors (Lipinski definition) is 1. The molecule has 0 aliphatic heterocycles. The van der Waals surface area contributed by atoms with Gasteiger partial charge in [0.2, 0.25) is 5.91 Å². The lowest BCUT2D eigenvalue weighted by Crippen LogP contribution is -2.19. The predicted molar refractivity (Wildman–Crippen MR) is 77.6 cm³/mol. The fourth-order valence-corrected chi connectivity index (χ4v) is 2.38. The summed E-state index contributed by atoms with van der Waals surface area (Å²) in [4.78, 5) is 11.9. The highest BCUT2D eigenvalue weighted by molar-refractivity contribution is 5.92. The van der Waals surface area contributed by atoms with Gasteiger partial charge < -0.3 is 5.32 Å². The first-order valence-electron chi connectivity index (χ1n) is 6.71. The lowest BCUT2D eigenvalue weighted by molar-refractivity contribution is -0.117. The van der Waals surface area contributed by atoms with E-state index >= 15 is 0 Å². The monoisotopic (exact) mass is 276 g/mol. The number of nitriles is 1. The standard InChI is InChI=1S/C16H21FN2O/c1-11(9-16(2,3)4)8-15(20)19-14-7-5-6-13(17)12(14)10-18/h5-7,11H,8-9H2,1-4H3,(H,19,20). The van der Waals surface area contributed by atoms with E-state index in [0.29, 0.717) is 6.42 Å². The summed E-state index contributed by atoms with van der Waals surface area (Å²) in [5.41, 5.74) is 0.279. The van der Waals surface area contributed by atoms with Gasteiger partial charge in [0.1, 0.15) is 17.4 Å². The van der Waals surface area contributed by atoms with E-state index in [1.54, 1.807) is 6.07 Å². The highest BCUT2D eigenvalue weighted by Gasteiger charge is 2.18. The van der Waals surface area contributed by atoms with Crippen LogP contribution in [0, 0.1) is 28.5 Å². The number of carbonyl (C=O) groups excluding carboxylic acids is 1. The van der Waals surface area contributed by atoms with Crippen LogP contribution in [-0.2, 0) is 4.79 Å². The molecule has 0 spiro atoms. The molecule has 1 atom stereocenters. The summed E-state index contributed by atoms with van der Waals surface area (Å²) in [6.07, 6.45) is 1.29. The smallest absolute Gasteiger partial charge is 0.224 e. The van der Waals surface area contributed by atoms with Crippen LogP contribution in [0.15, 0.2) is 18.2 Å². The van der Waals surface area contributed by atoms with Gasteiger partial charge in [-0.15, -0.1) is 0 Å². The second-order valence-electron chi connectivity index (χ2n) is 6.40. The Kier molecular flexibility index (Phi) is 5.26. The molecular formula is C16H21FN2O. The minimum atomic E-state index is -0.618. The van der Waals surface area contributed by atoms with E-state index < -0.39 is 5.82 Å². The van der Waals surface area contributed by atoms with Crippen LogP contribution >= 0.6 is 0 Å². The fourth-order valence-electron chi connectivity index (χ4n) is 2.38. The van der Waals surface area contributed by atoms with E-state index in [2.05, 4.69) is 26.1 Å². The number of carbonyl (C=O) groups is 1. The summed E-state index contributed by atoms with van der Waals surface area (Å²) >= 11 is 0. The molecule has 3 nitrogen and oxygen atoms in total. The Morgan fingerprint density at radius 2 is 2.10 bits per heavy atom. The van der Waals surface area contributed by atoms with E-state index in [-0.39, 0.29) is 28.5 Å². The van der Waals surface area contributed by atoms with Gasteiger partial charge in [0.25, 0.3) is 0 Å². The van der Waals surface area contributed by atoms with Gasteiger partial charge in [0.05, 0.1) is 5.69 Å². The molecule has 20 heavy (non-hydrogen) atoms. The number of rotatable bonds is 4. The van der Waals surface area contributed by atoms with Crippen molar-refractivity contribution in [3.8, 4) is 6.07 Å². The highest BCUT2D eigenvalue weighted by Crippen LogP contribution is 2.26. The maximum atomic E-state index is 13.4. The fraction of sp³-hybridized carbons (Fsp3) is 0.500. The first-order valence-corrected chi connectivity index (χ1v) is 6.71. The molecule has 1 unspecified atom stereocenters. The average Bonchev–Trinajstić information content (AvgIpc) is 2.26. The van der Waals surface area contributed by atoms with Crippen LogP contribution in [0.2, 0.25) is 0 Å². The van der Waals surface area contributed by atoms with Crippen LogP contribution in [0.25, 0.3) is 0 Å². The molecule has 0 radical (unpaired) electrons. The quantitative estimate of drug-likeness (QED) is 0.900. The van der Waals surface area contributed by atoms with Gasteiger partial charge in [-0.2, -0.15) is 5.26 Å². The zero-order valence-corrected chi connectivity index (χ0v) is 12.5. The molecule has 0 saturated carbocycles. The molecule has 0 heterocycles. The number of nitrogens with one attached hydrogen (secondary N) is 1. The Balaban J connectivity index is 2.69. The number of amides is 1. The maximum absolute atomic E-state index is 13.4. The molecule has 0 aliphatic rings. The van der Waals surface area contributed by atoms with Crippen LogP contribution < -0.4 is 5.32 Å². The number of nitrogens with zero attached hydrogens (tertiary/aromatic N) is 1. The van der Waals surface area contributed by atoms with Crippen LogP contribution in [0.3, 0.4) is 0 Å². The van der Waals surface area contributed by atoms with Gasteiger partial charge in [0, 0.05) is 6.42 Å². The van der Waals surface area contributed by atoms with E-state index in [1.807, 2.05) is 6.92 Å². The first-order chi connectivity index (χ1) is 9.23. The van der Waals surface area contributed by atoms with Crippen molar-refractivity contribution in [1.82, 2.24) is 0 Å². The normalized spacial score (nSPS) is 12.6.